The van der Waals surface area contributed by atoms with E-state index >= 15 is 0 Å². The van der Waals surface area contributed by atoms with Crippen LogP contribution in [0, 0.1) is 6.92 Å². The molecule has 3 heterocycles. The molecule has 1 atom stereocenters. The first-order chi connectivity index (χ1) is 21.9. The van der Waals surface area contributed by atoms with E-state index < -0.39 is 28.7 Å². The van der Waals surface area contributed by atoms with Crippen LogP contribution < -0.4 is 24.8 Å². The molecule has 46 heavy (non-hydrogen) atoms. The van der Waals surface area contributed by atoms with Crippen LogP contribution in [0.4, 0.5) is 0 Å². The molecule has 1 aromatic heterocycles. The van der Waals surface area contributed by atoms with E-state index in [9.17, 15) is 19.5 Å². The molecular formula is C36H31N3O7. The minimum absolute atomic E-state index is 0.0116. The Labute approximate surface area is 264 Å². The van der Waals surface area contributed by atoms with Crippen molar-refractivity contribution in [3.63, 3.8) is 0 Å². The second-order valence-corrected chi connectivity index (χ2v) is 12.1. The van der Waals surface area contributed by atoms with E-state index in [2.05, 4.69) is 22.2 Å². The lowest BCUT2D eigenvalue weighted by molar-refractivity contribution is -0.144. The van der Waals surface area contributed by atoms with Crippen LogP contribution in [-0.4, -0.2) is 47.6 Å². The van der Waals surface area contributed by atoms with Gasteiger partial charge in [0.15, 0.2) is 0 Å². The molecule has 232 valence electrons. The maximum Gasteiger partial charge on any atom is 0.294 e. The summed E-state index contributed by atoms with van der Waals surface area (Å²) in [5, 5.41) is 17.4. The molecule has 1 saturated heterocycles. The van der Waals surface area contributed by atoms with Crippen molar-refractivity contribution in [1.29, 1.82) is 0 Å². The SMILES string of the molecule is C=CC(C)(C)c1[nH]c2ccccc2c1/C=C1\NC(=O)C2(C=C3c4cc(OC)cc(OC)c4C(=O)c4c(O)cc(C)c(c43)O2)NC1=O. The van der Waals surface area contributed by atoms with Crippen molar-refractivity contribution in [2.75, 3.05) is 14.2 Å². The lowest BCUT2D eigenvalue weighted by Gasteiger charge is -2.41. The van der Waals surface area contributed by atoms with Gasteiger partial charge in [-0.3, -0.25) is 14.4 Å². The minimum Gasteiger partial charge on any atom is -0.507 e. The molecule has 7 rings (SSSR count). The van der Waals surface area contributed by atoms with Crippen molar-refractivity contribution in [1.82, 2.24) is 15.6 Å². The molecule has 2 aliphatic heterocycles. The Bertz CT molecular complexity index is 2130. The Balaban J connectivity index is 1.39. The Hall–Kier alpha value is -5.77. The summed E-state index contributed by atoms with van der Waals surface area (Å²) in [6.07, 6.45) is 4.93. The molecule has 0 saturated carbocycles. The van der Waals surface area contributed by atoms with Gasteiger partial charge in [-0.05, 0) is 48.4 Å². The number of allylic oxidation sites excluding steroid dienone is 1. The molecule has 0 bridgehead atoms. The van der Waals surface area contributed by atoms with Gasteiger partial charge in [-0.15, -0.1) is 6.58 Å². The smallest absolute Gasteiger partial charge is 0.294 e. The molecule has 4 N–H and O–H groups in total. The van der Waals surface area contributed by atoms with E-state index in [1.54, 1.807) is 25.1 Å². The van der Waals surface area contributed by atoms with Gasteiger partial charge < -0.3 is 34.9 Å². The van der Waals surface area contributed by atoms with Crippen molar-refractivity contribution in [2.45, 2.75) is 31.9 Å². The normalized spacial score (nSPS) is 19.2. The number of piperazine rings is 1. The summed E-state index contributed by atoms with van der Waals surface area (Å²) in [6, 6.07) is 12.3. The first-order valence-electron chi connectivity index (χ1n) is 14.6. The van der Waals surface area contributed by atoms with Gasteiger partial charge in [0.2, 0.25) is 5.78 Å². The Kier molecular flexibility index (Phi) is 6.21. The number of fused-ring (bicyclic) bond motifs is 3. The highest BCUT2D eigenvalue weighted by molar-refractivity contribution is 6.23. The van der Waals surface area contributed by atoms with Crippen molar-refractivity contribution >= 4 is 40.1 Å². The van der Waals surface area contributed by atoms with E-state index in [-0.39, 0.29) is 34.1 Å². The average Bonchev–Trinajstić information content (AvgIpc) is 3.41. The van der Waals surface area contributed by atoms with E-state index in [0.717, 1.165) is 22.2 Å². The minimum atomic E-state index is -1.98. The Morgan fingerprint density at radius 2 is 1.78 bits per heavy atom. The number of benzene rings is 3. The van der Waals surface area contributed by atoms with Crippen LogP contribution in [0.1, 0.15) is 57.7 Å². The van der Waals surface area contributed by atoms with Crippen molar-refractivity contribution < 1.29 is 33.7 Å². The third-order valence-electron chi connectivity index (χ3n) is 8.92. The van der Waals surface area contributed by atoms with Crippen LogP contribution in [0.15, 0.2) is 66.9 Å². The third-order valence-corrected chi connectivity index (χ3v) is 8.92. The summed E-state index contributed by atoms with van der Waals surface area (Å²) in [6.45, 7) is 9.68. The number of aromatic amines is 1. The number of rotatable bonds is 5. The van der Waals surface area contributed by atoms with Gasteiger partial charge in [0.05, 0.1) is 25.3 Å². The number of aromatic nitrogens is 1. The zero-order valence-corrected chi connectivity index (χ0v) is 25.9. The van der Waals surface area contributed by atoms with Crippen LogP contribution in [0.3, 0.4) is 0 Å². The summed E-state index contributed by atoms with van der Waals surface area (Å²) < 4.78 is 17.3. The van der Waals surface area contributed by atoms with Gasteiger partial charge in [-0.1, -0.05) is 38.1 Å². The lowest BCUT2D eigenvalue weighted by atomic mass is 9.76. The number of ether oxygens (including phenoxy) is 3. The highest BCUT2D eigenvalue weighted by Gasteiger charge is 2.51. The van der Waals surface area contributed by atoms with Gasteiger partial charge in [0.25, 0.3) is 17.5 Å². The maximum atomic E-state index is 14.1. The standard InChI is InChI=1S/C36H31N3O7/c1-7-35(3,4)32-21(19-10-8-9-11-23(19)37-32)15-24-33(42)39-36(34(43)38-24)16-22-20-13-18(44-5)14-26(45-6)27(20)30(41)29-25(40)12-17(2)31(46-36)28(22)29/h7-16,37,40H,1H2,2-6H3,(H,38,43)(H,39,42)/b24-15-. The number of carbonyl (C=O) groups is 3. The van der Waals surface area contributed by atoms with Gasteiger partial charge in [0.1, 0.15) is 28.7 Å². The van der Waals surface area contributed by atoms with E-state index in [0.29, 0.717) is 28.0 Å². The fraction of sp³-hybridized carbons (Fsp3) is 0.194. The van der Waals surface area contributed by atoms with Crippen LogP contribution >= 0.6 is 0 Å². The van der Waals surface area contributed by atoms with Crippen LogP contribution in [0.25, 0.3) is 22.6 Å². The molecule has 2 amide bonds. The van der Waals surface area contributed by atoms with E-state index in [4.69, 9.17) is 14.2 Å². The molecule has 1 aliphatic carbocycles. The highest BCUT2D eigenvalue weighted by atomic mass is 16.5. The van der Waals surface area contributed by atoms with Crippen molar-refractivity contribution in [3.8, 4) is 23.0 Å². The Morgan fingerprint density at radius 1 is 1.02 bits per heavy atom. The first-order valence-corrected chi connectivity index (χ1v) is 14.6. The van der Waals surface area contributed by atoms with Crippen LogP contribution in [0.2, 0.25) is 0 Å². The number of nitrogens with one attached hydrogen (secondary N) is 3. The number of methoxy groups -OCH3 is 2. The molecular weight excluding hydrogens is 586 g/mol. The predicted molar refractivity (Wildman–Crippen MR) is 172 cm³/mol. The molecule has 10 heteroatoms. The second-order valence-electron chi connectivity index (χ2n) is 12.1. The molecule has 3 aromatic carbocycles. The van der Waals surface area contributed by atoms with Gasteiger partial charge >= 0.3 is 0 Å². The number of carbonyl (C=O) groups excluding carboxylic acids is 3. The topological polar surface area (TPSA) is 139 Å². The van der Waals surface area contributed by atoms with Crippen LogP contribution in [0.5, 0.6) is 23.0 Å². The molecule has 0 radical (unpaired) electrons. The summed E-state index contributed by atoms with van der Waals surface area (Å²) >= 11 is 0. The second kappa shape index (κ2) is 9.87. The Morgan fingerprint density at radius 3 is 2.50 bits per heavy atom. The summed E-state index contributed by atoms with van der Waals surface area (Å²) in [5.41, 5.74) is 1.80. The van der Waals surface area contributed by atoms with E-state index in [1.807, 2.05) is 44.2 Å². The zero-order valence-electron chi connectivity index (χ0n) is 25.9. The van der Waals surface area contributed by atoms with Gasteiger partial charge in [-0.25, -0.2) is 0 Å². The highest BCUT2D eigenvalue weighted by Crippen LogP contribution is 2.52. The number of phenolic OH excluding ortho intramolecular Hbond substituents is 1. The summed E-state index contributed by atoms with van der Waals surface area (Å²) in [5.74, 6) is -1.13. The number of H-pyrrole nitrogens is 1. The lowest BCUT2D eigenvalue weighted by Crippen LogP contribution is -2.67. The molecule has 4 aromatic rings. The number of aromatic hydroxyl groups is 1. The van der Waals surface area contributed by atoms with Crippen molar-refractivity contribution in [3.05, 3.63) is 106 Å². The molecule has 1 fully saturated rings. The molecule has 10 nitrogen and oxygen atoms in total. The summed E-state index contributed by atoms with van der Waals surface area (Å²) in [7, 11) is 2.91. The van der Waals surface area contributed by atoms with Gasteiger partial charge in [0, 0.05) is 44.8 Å². The number of hydrogen-bond acceptors (Lipinski definition) is 7. The summed E-state index contributed by atoms with van der Waals surface area (Å²) in [4.78, 5) is 45.2. The maximum absolute atomic E-state index is 14.1. The number of ketones is 1. The number of aryl methyl sites for hydroxylation is 1. The molecule has 1 spiro atoms. The molecule has 3 aliphatic rings. The van der Waals surface area contributed by atoms with Gasteiger partial charge in [-0.2, -0.15) is 0 Å². The third kappa shape index (κ3) is 3.99. The van der Waals surface area contributed by atoms with E-state index in [1.165, 1.54) is 26.4 Å². The average molecular weight is 618 g/mol. The van der Waals surface area contributed by atoms with Crippen molar-refractivity contribution in [2.24, 2.45) is 0 Å². The number of hydrogen-bond donors (Lipinski definition) is 4. The largest absolute Gasteiger partial charge is 0.507 e. The fourth-order valence-electron chi connectivity index (χ4n) is 6.43. The number of para-hydroxylation sites is 1. The monoisotopic (exact) mass is 617 g/mol. The zero-order chi connectivity index (χ0) is 32.7. The molecule has 1 unspecified atom stereocenters. The number of phenols is 1. The predicted octanol–water partition coefficient (Wildman–Crippen LogP) is 5.01. The first kappa shape index (κ1) is 29.0. The number of amides is 2. The quantitative estimate of drug-likeness (QED) is 0.161. The van der Waals surface area contributed by atoms with Crippen LogP contribution in [-0.2, 0) is 15.0 Å². The fourth-order valence-corrected chi connectivity index (χ4v) is 6.43.